The smallest absolute Gasteiger partial charge is 0.193 e. The number of carbonyl (C=O) groups is 1. The molecule has 7 aromatic rings. The second-order valence-electron chi connectivity index (χ2n) is 9.84. The van der Waals surface area contributed by atoms with Crippen molar-refractivity contribution in [2.24, 2.45) is 0 Å². The third-order valence-electron chi connectivity index (χ3n) is 7.30. The second-order valence-corrected chi connectivity index (χ2v) is 9.84. The summed E-state index contributed by atoms with van der Waals surface area (Å²) >= 11 is 0. The van der Waals surface area contributed by atoms with Gasteiger partial charge in [0.1, 0.15) is 5.82 Å². The van der Waals surface area contributed by atoms with Gasteiger partial charge in [0.15, 0.2) is 5.78 Å². The number of ketones is 1. The molecule has 0 saturated heterocycles. The Morgan fingerprint density at radius 3 is 1.90 bits per heavy atom. The summed E-state index contributed by atoms with van der Waals surface area (Å²) in [6.07, 6.45) is 3.56. The Morgan fingerprint density at radius 2 is 1.20 bits per heavy atom. The van der Waals surface area contributed by atoms with Crippen LogP contribution in [0.15, 0.2) is 152 Å². The highest BCUT2D eigenvalue weighted by atomic mass is 16.1. The van der Waals surface area contributed by atoms with E-state index in [0.717, 1.165) is 50.4 Å². The van der Waals surface area contributed by atoms with Gasteiger partial charge < -0.3 is 0 Å². The van der Waals surface area contributed by atoms with Crippen molar-refractivity contribution >= 4 is 16.7 Å². The molecule has 41 heavy (non-hydrogen) atoms. The summed E-state index contributed by atoms with van der Waals surface area (Å²) < 4.78 is 2.17. The molecule has 0 radical (unpaired) electrons. The van der Waals surface area contributed by atoms with Gasteiger partial charge in [0.2, 0.25) is 0 Å². The monoisotopic (exact) mass is 527 g/mol. The number of aromatic nitrogens is 3. The lowest BCUT2D eigenvalue weighted by molar-refractivity contribution is 0.103. The van der Waals surface area contributed by atoms with Gasteiger partial charge >= 0.3 is 0 Å². The quantitative estimate of drug-likeness (QED) is 0.203. The van der Waals surface area contributed by atoms with Crippen molar-refractivity contribution in [3.8, 4) is 39.5 Å². The first-order chi connectivity index (χ1) is 20.3. The largest absolute Gasteiger partial charge is 0.293 e. The van der Waals surface area contributed by atoms with Crippen molar-refractivity contribution in [3.05, 3.63) is 163 Å². The highest BCUT2D eigenvalue weighted by Gasteiger charge is 2.23. The van der Waals surface area contributed by atoms with Crippen LogP contribution in [0, 0.1) is 0 Å². The van der Waals surface area contributed by atoms with Gasteiger partial charge in [0.05, 0.1) is 16.9 Å². The molecule has 3 heterocycles. The standard InChI is InChI=1S/C37H25N3O/c41-37(29-17-11-16-28(24-29)32-18-7-9-22-38-32)30-20-21-31-33(25-30)40(34-19-8-10-23-39-34)36(27-14-5-2-6-15-27)35(31)26-12-3-1-4-13-26/h1-25H. The predicted molar refractivity (Wildman–Crippen MR) is 165 cm³/mol. The van der Waals surface area contributed by atoms with E-state index in [9.17, 15) is 4.79 Å². The van der Waals surface area contributed by atoms with Crippen molar-refractivity contribution in [2.75, 3.05) is 0 Å². The molecule has 194 valence electrons. The maximum atomic E-state index is 13.9. The molecule has 0 aliphatic heterocycles. The van der Waals surface area contributed by atoms with E-state index in [1.807, 2.05) is 97.1 Å². The van der Waals surface area contributed by atoms with Gasteiger partial charge in [-0.1, -0.05) is 103 Å². The van der Waals surface area contributed by atoms with Crippen LogP contribution < -0.4 is 0 Å². The zero-order chi connectivity index (χ0) is 27.6. The minimum Gasteiger partial charge on any atom is -0.293 e. The summed E-state index contributed by atoms with van der Waals surface area (Å²) in [4.78, 5) is 23.1. The number of rotatable bonds is 6. The molecule has 0 saturated carbocycles. The number of pyridine rings is 2. The van der Waals surface area contributed by atoms with Gasteiger partial charge in [0, 0.05) is 40.0 Å². The van der Waals surface area contributed by atoms with Crippen LogP contribution in [0.5, 0.6) is 0 Å². The fourth-order valence-electron chi connectivity index (χ4n) is 5.44. The van der Waals surface area contributed by atoms with Gasteiger partial charge in [-0.05, 0) is 47.5 Å². The van der Waals surface area contributed by atoms with E-state index < -0.39 is 0 Å². The fourth-order valence-corrected chi connectivity index (χ4v) is 5.44. The van der Waals surface area contributed by atoms with E-state index in [1.54, 1.807) is 12.4 Å². The van der Waals surface area contributed by atoms with E-state index >= 15 is 0 Å². The number of benzene rings is 4. The van der Waals surface area contributed by atoms with Crippen LogP contribution in [-0.2, 0) is 0 Å². The molecule has 0 amide bonds. The molecule has 4 nitrogen and oxygen atoms in total. The molecule has 0 fully saturated rings. The number of carbonyl (C=O) groups excluding carboxylic acids is 1. The Labute approximate surface area is 238 Å². The van der Waals surface area contributed by atoms with E-state index in [2.05, 4.69) is 52.0 Å². The van der Waals surface area contributed by atoms with Crippen molar-refractivity contribution in [1.29, 1.82) is 0 Å². The Kier molecular flexibility index (Phi) is 6.26. The van der Waals surface area contributed by atoms with Crippen molar-refractivity contribution < 1.29 is 4.79 Å². The van der Waals surface area contributed by atoms with Crippen molar-refractivity contribution in [2.45, 2.75) is 0 Å². The number of hydrogen-bond acceptors (Lipinski definition) is 3. The van der Waals surface area contributed by atoms with Crippen LogP contribution in [-0.4, -0.2) is 20.3 Å². The topological polar surface area (TPSA) is 47.8 Å². The summed E-state index contributed by atoms with van der Waals surface area (Å²) in [6.45, 7) is 0. The molecule has 0 N–H and O–H groups in total. The average Bonchev–Trinajstić information content (AvgIpc) is 3.40. The van der Waals surface area contributed by atoms with Gasteiger partial charge in [-0.3, -0.25) is 14.3 Å². The summed E-state index contributed by atoms with van der Waals surface area (Å²) in [5.41, 5.74) is 8.22. The van der Waals surface area contributed by atoms with Gasteiger partial charge in [0.25, 0.3) is 0 Å². The highest BCUT2D eigenvalue weighted by molar-refractivity contribution is 6.13. The van der Waals surface area contributed by atoms with E-state index in [1.165, 1.54) is 0 Å². The summed E-state index contributed by atoms with van der Waals surface area (Å²) in [5.74, 6) is 0.751. The van der Waals surface area contributed by atoms with Gasteiger partial charge in [-0.25, -0.2) is 4.98 Å². The van der Waals surface area contributed by atoms with Crippen LogP contribution in [0.1, 0.15) is 15.9 Å². The second kappa shape index (κ2) is 10.5. The van der Waals surface area contributed by atoms with Gasteiger partial charge in [-0.15, -0.1) is 0 Å². The fraction of sp³-hybridized carbons (Fsp3) is 0. The minimum atomic E-state index is -0.0408. The van der Waals surface area contributed by atoms with Crippen molar-refractivity contribution in [1.82, 2.24) is 14.5 Å². The zero-order valence-corrected chi connectivity index (χ0v) is 22.2. The molecule has 0 bridgehead atoms. The molecule has 3 aromatic heterocycles. The molecule has 7 rings (SSSR count). The van der Waals surface area contributed by atoms with E-state index in [0.29, 0.717) is 11.1 Å². The van der Waals surface area contributed by atoms with Gasteiger partial charge in [-0.2, -0.15) is 0 Å². The van der Waals surface area contributed by atoms with Crippen LogP contribution >= 0.6 is 0 Å². The lowest BCUT2D eigenvalue weighted by Crippen LogP contribution is -2.03. The minimum absolute atomic E-state index is 0.0408. The van der Waals surface area contributed by atoms with Crippen LogP contribution in [0.3, 0.4) is 0 Å². The maximum Gasteiger partial charge on any atom is 0.193 e. The zero-order valence-electron chi connectivity index (χ0n) is 22.2. The molecular weight excluding hydrogens is 502 g/mol. The normalized spacial score (nSPS) is 11.0. The summed E-state index contributed by atoms with van der Waals surface area (Å²) in [5, 5.41) is 1.06. The SMILES string of the molecule is O=C(c1cccc(-c2ccccn2)c1)c1ccc2c(-c3ccccc3)c(-c3ccccc3)n(-c3ccccn3)c2c1. The third-order valence-corrected chi connectivity index (χ3v) is 7.30. The highest BCUT2D eigenvalue weighted by Crippen LogP contribution is 2.42. The molecular formula is C37H25N3O. The molecule has 0 atom stereocenters. The molecule has 4 aromatic carbocycles. The first kappa shape index (κ1) is 24.4. The number of nitrogens with zero attached hydrogens (tertiary/aromatic N) is 3. The molecule has 0 aliphatic rings. The lowest BCUT2D eigenvalue weighted by Gasteiger charge is -2.12. The van der Waals surface area contributed by atoms with Crippen LogP contribution in [0.25, 0.3) is 50.4 Å². The molecule has 0 spiro atoms. The summed E-state index contributed by atoms with van der Waals surface area (Å²) in [7, 11) is 0. The van der Waals surface area contributed by atoms with E-state index in [-0.39, 0.29) is 5.78 Å². The number of hydrogen-bond donors (Lipinski definition) is 0. The Bertz CT molecular complexity index is 1980. The lowest BCUT2D eigenvalue weighted by atomic mass is 9.96. The maximum absolute atomic E-state index is 13.9. The number of fused-ring (bicyclic) bond motifs is 1. The first-order valence-corrected chi connectivity index (χ1v) is 13.5. The predicted octanol–water partition coefficient (Wildman–Crippen LogP) is 8.65. The van der Waals surface area contributed by atoms with Crippen LogP contribution in [0.4, 0.5) is 0 Å². The molecule has 0 unspecified atom stereocenters. The van der Waals surface area contributed by atoms with E-state index in [4.69, 9.17) is 4.98 Å². The average molecular weight is 528 g/mol. The Hall–Kier alpha value is -5.61. The summed E-state index contributed by atoms with van der Waals surface area (Å²) in [6, 6.07) is 46.1. The Morgan fingerprint density at radius 1 is 0.537 bits per heavy atom. The van der Waals surface area contributed by atoms with Crippen LogP contribution in [0.2, 0.25) is 0 Å². The molecule has 0 aliphatic carbocycles. The first-order valence-electron chi connectivity index (χ1n) is 13.5. The third kappa shape index (κ3) is 4.52. The molecule has 4 heteroatoms. The van der Waals surface area contributed by atoms with Crippen molar-refractivity contribution in [3.63, 3.8) is 0 Å². The Balaban J connectivity index is 1.47.